The monoisotopic (exact) mass is 481 g/mol. The van der Waals surface area contributed by atoms with Gasteiger partial charge < -0.3 is 9.88 Å². The molecule has 4 rings (SSSR count). The summed E-state index contributed by atoms with van der Waals surface area (Å²) in [5, 5.41) is 4.77. The zero-order valence-electron chi connectivity index (χ0n) is 17.8. The smallest absolute Gasteiger partial charge is 0.269 e. The van der Waals surface area contributed by atoms with Crippen LogP contribution >= 0.6 is 22.9 Å². The van der Waals surface area contributed by atoms with Gasteiger partial charge in [-0.15, -0.1) is 11.3 Å². The lowest BCUT2D eigenvalue weighted by atomic mass is 10.2. The van der Waals surface area contributed by atoms with Crippen molar-refractivity contribution in [1.82, 2.24) is 20.4 Å². The quantitative estimate of drug-likeness (QED) is 0.367. The van der Waals surface area contributed by atoms with E-state index in [0.29, 0.717) is 21.6 Å². The molecule has 3 amide bonds. The van der Waals surface area contributed by atoms with Crippen molar-refractivity contribution in [1.29, 1.82) is 0 Å². The number of anilines is 1. The normalized spacial score (nSPS) is 10.8. The maximum atomic E-state index is 12.6. The number of amides is 3. The number of carbonyl (C=O) groups excluding carboxylic acids is 3. The number of nitrogens with one attached hydrogen (secondary N) is 3. The molecule has 0 unspecified atom stereocenters. The van der Waals surface area contributed by atoms with E-state index >= 15 is 0 Å². The Labute approximate surface area is 198 Å². The molecule has 10 heteroatoms. The van der Waals surface area contributed by atoms with Crippen LogP contribution in [0, 0.1) is 6.92 Å². The van der Waals surface area contributed by atoms with Gasteiger partial charge in [-0.1, -0.05) is 17.7 Å². The van der Waals surface area contributed by atoms with Crippen molar-refractivity contribution in [2.75, 3.05) is 5.32 Å². The molecule has 168 valence electrons. The van der Waals surface area contributed by atoms with Gasteiger partial charge in [-0.05, 0) is 61.7 Å². The van der Waals surface area contributed by atoms with Gasteiger partial charge in [0.25, 0.3) is 17.7 Å². The Morgan fingerprint density at radius 3 is 2.36 bits per heavy atom. The van der Waals surface area contributed by atoms with Crippen LogP contribution in [-0.4, -0.2) is 27.3 Å². The molecule has 2 aromatic carbocycles. The minimum absolute atomic E-state index is 0.217. The molecule has 0 aliphatic heterocycles. The first-order valence-electron chi connectivity index (χ1n) is 10.1. The van der Waals surface area contributed by atoms with Gasteiger partial charge in [-0.25, -0.2) is 4.98 Å². The predicted molar refractivity (Wildman–Crippen MR) is 129 cm³/mol. The van der Waals surface area contributed by atoms with Crippen molar-refractivity contribution in [2.24, 2.45) is 0 Å². The topological polar surface area (TPSA) is 105 Å². The Morgan fingerprint density at radius 2 is 1.70 bits per heavy atom. The van der Waals surface area contributed by atoms with Crippen molar-refractivity contribution in [3.63, 3.8) is 0 Å². The third-order valence-electron chi connectivity index (χ3n) is 5.03. The number of aryl methyl sites for hydroxylation is 2. The van der Waals surface area contributed by atoms with Gasteiger partial charge in [0.2, 0.25) is 0 Å². The minimum atomic E-state index is -0.557. The summed E-state index contributed by atoms with van der Waals surface area (Å²) in [6, 6.07) is 13.1. The minimum Gasteiger partial charge on any atom is -0.329 e. The molecule has 0 saturated carbocycles. The van der Waals surface area contributed by atoms with Crippen LogP contribution in [0.3, 0.4) is 0 Å². The number of hydrogen-bond acceptors (Lipinski definition) is 5. The molecule has 33 heavy (non-hydrogen) atoms. The summed E-state index contributed by atoms with van der Waals surface area (Å²) < 4.78 is 2.05. The van der Waals surface area contributed by atoms with Crippen LogP contribution in [0.2, 0.25) is 5.02 Å². The second-order valence-electron chi connectivity index (χ2n) is 7.14. The number of thiophene rings is 1. The maximum Gasteiger partial charge on any atom is 0.269 e. The first-order chi connectivity index (χ1) is 15.9. The van der Waals surface area contributed by atoms with E-state index in [2.05, 4.69) is 21.2 Å². The fourth-order valence-electron chi connectivity index (χ4n) is 3.40. The van der Waals surface area contributed by atoms with E-state index in [4.69, 9.17) is 11.6 Å². The van der Waals surface area contributed by atoms with Crippen molar-refractivity contribution >= 4 is 57.4 Å². The molecule has 0 atom stereocenters. The van der Waals surface area contributed by atoms with Crippen LogP contribution in [0.25, 0.3) is 11.0 Å². The number of rotatable bonds is 5. The lowest BCUT2D eigenvalue weighted by Crippen LogP contribution is -2.41. The van der Waals surface area contributed by atoms with Gasteiger partial charge in [-0.3, -0.25) is 25.2 Å². The van der Waals surface area contributed by atoms with E-state index in [1.807, 2.05) is 24.5 Å². The van der Waals surface area contributed by atoms with Crippen LogP contribution in [0.4, 0.5) is 5.69 Å². The lowest BCUT2D eigenvalue weighted by molar-refractivity contribution is 0.0847. The van der Waals surface area contributed by atoms with E-state index < -0.39 is 11.8 Å². The van der Waals surface area contributed by atoms with Crippen molar-refractivity contribution in [2.45, 2.75) is 20.4 Å². The summed E-state index contributed by atoms with van der Waals surface area (Å²) >= 11 is 7.46. The summed E-state index contributed by atoms with van der Waals surface area (Å²) in [5.74, 6) is -0.495. The number of imidazole rings is 1. The van der Waals surface area contributed by atoms with Crippen LogP contribution in [0.1, 0.15) is 43.1 Å². The molecular weight excluding hydrogens is 462 g/mol. The fraction of sp³-hybridized carbons (Fsp3) is 0.130. The van der Waals surface area contributed by atoms with Crippen LogP contribution in [0.15, 0.2) is 53.9 Å². The summed E-state index contributed by atoms with van der Waals surface area (Å²) in [7, 11) is 0. The zero-order valence-corrected chi connectivity index (χ0v) is 19.4. The first-order valence-corrected chi connectivity index (χ1v) is 11.3. The highest BCUT2D eigenvalue weighted by molar-refractivity contribution is 7.12. The third kappa shape index (κ3) is 4.74. The average Bonchev–Trinajstić information content (AvgIpc) is 3.45. The van der Waals surface area contributed by atoms with E-state index in [-0.39, 0.29) is 16.5 Å². The van der Waals surface area contributed by atoms with E-state index in [1.165, 1.54) is 29.5 Å². The largest absolute Gasteiger partial charge is 0.329 e. The highest BCUT2D eigenvalue weighted by Crippen LogP contribution is 2.24. The number of hydrogen-bond donors (Lipinski definition) is 3. The number of halogens is 1. The second kappa shape index (κ2) is 9.43. The molecule has 2 heterocycles. The Hall–Kier alpha value is -3.69. The first kappa shape index (κ1) is 22.5. The number of nitrogens with zero attached hydrogens (tertiary/aromatic N) is 2. The van der Waals surface area contributed by atoms with E-state index in [0.717, 1.165) is 17.9 Å². The molecule has 0 radical (unpaired) electrons. The van der Waals surface area contributed by atoms with Crippen LogP contribution < -0.4 is 16.2 Å². The maximum absolute atomic E-state index is 12.6. The molecule has 0 saturated heterocycles. The van der Waals surface area contributed by atoms with Crippen molar-refractivity contribution in [3.05, 3.63) is 80.8 Å². The summed E-state index contributed by atoms with van der Waals surface area (Å²) in [6.07, 6.45) is 0. The van der Waals surface area contributed by atoms with Crippen LogP contribution in [0.5, 0.6) is 0 Å². The number of benzene rings is 2. The summed E-state index contributed by atoms with van der Waals surface area (Å²) in [4.78, 5) is 42.4. The summed E-state index contributed by atoms with van der Waals surface area (Å²) in [5.41, 5.74) is 7.30. The molecular formula is C23H20ClN5O3S. The molecule has 0 aliphatic carbocycles. The molecule has 3 N–H and O–H groups in total. The number of carbonyl (C=O) groups is 3. The van der Waals surface area contributed by atoms with Gasteiger partial charge in [0, 0.05) is 17.7 Å². The molecule has 0 fully saturated rings. The molecule has 2 aromatic heterocycles. The Kier molecular flexibility index (Phi) is 6.43. The number of fused-ring (bicyclic) bond motifs is 1. The SMILES string of the molecule is CCn1c(C)nc2cc(C(=O)NNC(=O)c3ccc(Cl)c(NC(=O)c4cccs4)c3)ccc21. The number of hydrazine groups is 1. The predicted octanol–water partition coefficient (Wildman–Crippen LogP) is 4.41. The highest BCUT2D eigenvalue weighted by atomic mass is 35.5. The zero-order chi connectivity index (χ0) is 23.5. The fourth-order valence-corrected chi connectivity index (χ4v) is 4.19. The van der Waals surface area contributed by atoms with E-state index in [9.17, 15) is 14.4 Å². The van der Waals surface area contributed by atoms with Gasteiger partial charge in [0.15, 0.2) is 0 Å². The molecule has 4 aromatic rings. The standard InChI is InChI=1S/C23H20ClN5O3S/c1-3-29-13(2)25-18-12-15(7-9-19(18)29)22(31)28-27-21(30)14-6-8-16(24)17(11-14)26-23(32)20-5-4-10-33-20/h4-12H,3H2,1-2H3,(H,26,32)(H,27,30)(H,28,31). The van der Waals surface area contributed by atoms with Gasteiger partial charge in [0.05, 0.1) is 26.6 Å². The Balaban J connectivity index is 1.43. The van der Waals surface area contributed by atoms with Crippen molar-refractivity contribution < 1.29 is 14.4 Å². The van der Waals surface area contributed by atoms with E-state index in [1.54, 1.807) is 29.6 Å². The van der Waals surface area contributed by atoms with Gasteiger partial charge >= 0.3 is 0 Å². The average molecular weight is 482 g/mol. The van der Waals surface area contributed by atoms with Crippen LogP contribution in [-0.2, 0) is 6.54 Å². The third-order valence-corrected chi connectivity index (χ3v) is 6.23. The molecule has 0 aliphatic rings. The lowest BCUT2D eigenvalue weighted by Gasteiger charge is -2.10. The Morgan fingerprint density at radius 1 is 1.00 bits per heavy atom. The Bertz CT molecular complexity index is 1360. The van der Waals surface area contributed by atoms with Crippen molar-refractivity contribution in [3.8, 4) is 0 Å². The number of aromatic nitrogens is 2. The highest BCUT2D eigenvalue weighted by Gasteiger charge is 2.15. The second-order valence-corrected chi connectivity index (χ2v) is 8.50. The molecule has 0 spiro atoms. The van der Waals surface area contributed by atoms with Gasteiger partial charge in [0.1, 0.15) is 5.82 Å². The molecule has 8 nitrogen and oxygen atoms in total. The van der Waals surface area contributed by atoms with Gasteiger partial charge in [-0.2, -0.15) is 0 Å². The molecule has 0 bridgehead atoms. The summed E-state index contributed by atoms with van der Waals surface area (Å²) in [6.45, 7) is 4.72.